The largest absolute Gasteiger partial charge is 0.352 e. The zero-order chi connectivity index (χ0) is 12.0. The SMILES string of the molecule is CC1CCCC(NC(=O)CNC(=O)CN)C1. The molecule has 0 aromatic carbocycles. The van der Waals surface area contributed by atoms with Crippen molar-refractivity contribution in [1.82, 2.24) is 10.6 Å². The van der Waals surface area contributed by atoms with Gasteiger partial charge in [-0.1, -0.05) is 19.8 Å². The summed E-state index contributed by atoms with van der Waals surface area (Å²) in [5.41, 5.74) is 5.12. The van der Waals surface area contributed by atoms with Crippen LogP contribution in [-0.2, 0) is 9.59 Å². The number of nitrogens with two attached hydrogens (primary N) is 1. The molecule has 0 bridgehead atoms. The molecule has 2 atom stereocenters. The smallest absolute Gasteiger partial charge is 0.239 e. The summed E-state index contributed by atoms with van der Waals surface area (Å²) in [5.74, 6) is 0.255. The number of rotatable bonds is 4. The van der Waals surface area contributed by atoms with Gasteiger partial charge in [0.2, 0.25) is 11.8 Å². The van der Waals surface area contributed by atoms with Crippen molar-refractivity contribution in [3.8, 4) is 0 Å². The Labute approximate surface area is 96.1 Å². The second-order valence-electron chi connectivity index (χ2n) is 4.52. The average molecular weight is 227 g/mol. The molecule has 1 aliphatic carbocycles. The topological polar surface area (TPSA) is 84.2 Å². The molecule has 5 heteroatoms. The van der Waals surface area contributed by atoms with Gasteiger partial charge in [-0.05, 0) is 18.8 Å². The fourth-order valence-corrected chi connectivity index (χ4v) is 2.09. The van der Waals surface area contributed by atoms with Gasteiger partial charge in [0, 0.05) is 6.04 Å². The number of hydrogen-bond acceptors (Lipinski definition) is 3. The lowest BCUT2D eigenvalue weighted by Crippen LogP contribution is -2.44. The van der Waals surface area contributed by atoms with Crippen molar-refractivity contribution >= 4 is 11.8 Å². The molecule has 1 saturated carbocycles. The first-order valence-electron chi connectivity index (χ1n) is 5.88. The predicted octanol–water partition coefficient (Wildman–Crippen LogP) is -0.244. The molecule has 1 rings (SSSR count). The second kappa shape index (κ2) is 6.48. The predicted molar refractivity (Wildman–Crippen MR) is 61.6 cm³/mol. The van der Waals surface area contributed by atoms with E-state index in [1.54, 1.807) is 0 Å². The minimum atomic E-state index is -0.299. The normalized spacial score (nSPS) is 24.9. The van der Waals surface area contributed by atoms with E-state index in [0.29, 0.717) is 5.92 Å². The van der Waals surface area contributed by atoms with Crippen molar-refractivity contribution in [3.05, 3.63) is 0 Å². The minimum absolute atomic E-state index is 0.0287. The highest BCUT2D eigenvalue weighted by molar-refractivity contribution is 5.85. The summed E-state index contributed by atoms with van der Waals surface area (Å²) in [4.78, 5) is 22.3. The Bertz CT molecular complexity index is 256. The van der Waals surface area contributed by atoms with E-state index in [-0.39, 0.29) is 30.9 Å². The monoisotopic (exact) mass is 227 g/mol. The van der Waals surface area contributed by atoms with Gasteiger partial charge in [-0.15, -0.1) is 0 Å². The van der Waals surface area contributed by atoms with Crippen LogP contribution >= 0.6 is 0 Å². The Morgan fingerprint density at radius 1 is 1.31 bits per heavy atom. The maximum atomic E-state index is 11.5. The molecule has 0 aromatic rings. The minimum Gasteiger partial charge on any atom is -0.352 e. The van der Waals surface area contributed by atoms with Crippen LogP contribution in [0.15, 0.2) is 0 Å². The summed E-state index contributed by atoms with van der Waals surface area (Å²) >= 11 is 0. The molecule has 16 heavy (non-hydrogen) atoms. The molecule has 0 aromatic heterocycles. The molecular formula is C11H21N3O2. The van der Waals surface area contributed by atoms with Crippen molar-refractivity contribution in [2.75, 3.05) is 13.1 Å². The van der Waals surface area contributed by atoms with Crippen molar-refractivity contribution in [2.24, 2.45) is 11.7 Å². The zero-order valence-corrected chi connectivity index (χ0v) is 9.79. The summed E-state index contributed by atoms with van der Waals surface area (Å²) in [6.07, 6.45) is 4.50. The van der Waals surface area contributed by atoms with E-state index in [2.05, 4.69) is 17.6 Å². The Morgan fingerprint density at radius 2 is 2.06 bits per heavy atom. The molecule has 4 N–H and O–H groups in total. The Kier molecular flexibility index (Phi) is 5.25. The van der Waals surface area contributed by atoms with Gasteiger partial charge in [0.1, 0.15) is 0 Å². The summed E-state index contributed by atoms with van der Waals surface area (Å²) in [7, 11) is 0. The highest BCUT2D eigenvalue weighted by atomic mass is 16.2. The number of nitrogens with one attached hydrogen (secondary N) is 2. The molecule has 1 aliphatic rings. The Hall–Kier alpha value is -1.10. The molecule has 5 nitrogen and oxygen atoms in total. The van der Waals surface area contributed by atoms with Gasteiger partial charge in [-0.3, -0.25) is 9.59 Å². The van der Waals surface area contributed by atoms with Gasteiger partial charge in [-0.2, -0.15) is 0 Å². The molecule has 1 fully saturated rings. The van der Waals surface area contributed by atoms with Crippen molar-refractivity contribution < 1.29 is 9.59 Å². The maximum Gasteiger partial charge on any atom is 0.239 e. The molecule has 2 amide bonds. The van der Waals surface area contributed by atoms with Gasteiger partial charge in [-0.25, -0.2) is 0 Å². The average Bonchev–Trinajstić information content (AvgIpc) is 2.26. The first-order valence-corrected chi connectivity index (χ1v) is 5.88. The number of amides is 2. The quantitative estimate of drug-likeness (QED) is 0.619. The van der Waals surface area contributed by atoms with E-state index in [0.717, 1.165) is 12.8 Å². The summed E-state index contributed by atoms with van der Waals surface area (Å²) < 4.78 is 0. The van der Waals surface area contributed by atoms with Crippen LogP contribution in [0.3, 0.4) is 0 Å². The van der Waals surface area contributed by atoms with Gasteiger partial charge < -0.3 is 16.4 Å². The second-order valence-corrected chi connectivity index (χ2v) is 4.52. The Morgan fingerprint density at radius 3 is 2.69 bits per heavy atom. The van der Waals surface area contributed by atoms with Gasteiger partial charge in [0.25, 0.3) is 0 Å². The third-order valence-corrected chi connectivity index (χ3v) is 2.93. The van der Waals surface area contributed by atoms with Crippen LogP contribution in [0, 0.1) is 5.92 Å². The Balaban J connectivity index is 2.20. The van der Waals surface area contributed by atoms with Crippen LogP contribution < -0.4 is 16.4 Å². The van der Waals surface area contributed by atoms with Crippen LogP contribution in [0.25, 0.3) is 0 Å². The number of carbonyl (C=O) groups is 2. The molecule has 0 aliphatic heterocycles. The standard InChI is InChI=1S/C11H21N3O2/c1-8-3-2-4-9(5-8)14-11(16)7-13-10(15)6-12/h8-9H,2-7,12H2,1H3,(H,13,15)(H,14,16). The van der Waals surface area contributed by atoms with Crippen LogP contribution in [-0.4, -0.2) is 30.9 Å². The van der Waals surface area contributed by atoms with Crippen LogP contribution in [0.2, 0.25) is 0 Å². The lowest BCUT2D eigenvalue weighted by Gasteiger charge is -2.27. The lowest BCUT2D eigenvalue weighted by atomic mass is 9.87. The van der Waals surface area contributed by atoms with Gasteiger partial charge in [0.05, 0.1) is 13.1 Å². The van der Waals surface area contributed by atoms with Crippen molar-refractivity contribution in [3.63, 3.8) is 0 Å². The van der Waals surface area contributed by atoms with Crippen LogP contribution in [0.5, 0.6) is 0 Å². The fourth-order valence-electron chi connectivity index (χ4n) is 2.09. The summed E-state index contributed by atoms with van der Waals surface area (Å²) in [6, 6.07) is 0.269. The van der Waals surface area contributed by atoms with Crippen molar-refractivity contribution in [2.45, 2.75) is 38.6 Å². The molecule has 0 heterocycles. The highest BCUT2D eigenvalue weighted by Crippen LogP contribution is 2.23. The first-order chi connectivity index (χ1) is 7.61. The van der Waals surface area contributed by atoms with Crippen LogP contribution in [0.4, 0.5) is 0 Å². The van der Waals surface area contributed by atoms with E-state index < -0.39 is 0 Å². The molecule has 0 radical (unpaired) electrons. The molecule has 2 unspecified atom stereocenters. The third kappa shape index (κ3) is 4.61. The molecule has 0 saturated heterocycles. The van der Waals surface area contributed by atoms with E-state index in [9.17, 15) is 9.59 Å². The third-order valence-electron chi connectivity index (χ3n) is 2.93. The lowest BCUT2D eigenvalue weighted by molar-refractivity contribution is -0.125. The molecule has 92 valence electrons. The summed E-state index contributed by atoms with van der Waals surface area (Å²) in [6.45, 7) is 2.16. The fraction of sp³-hybridized carbons (Fsp3) is 0.818. The molecule has 0 spiro atoms. The number of carbonyl (C=O) groups excluding carboxylic acids is 2. The summed E-state index contributed by atoms with van der Waals surface area (Å²) in [5, 5.41) is 5.39. The van der Waals surface area contributed by atoms with Crippen LogP contribution in [0.1, 0.15) is 32.6 Å². The highest BCUT2D eigenvalue weighted by Gasteiger charge is 2.20. The first kappa shape index (κ1) is 13.0. The molecular weight excluding hydrogens is 206 g/mol. The maximum absolute atomic E-state index is 11.5. The van der Waals surface area contributed by atoms with Crippen molar-refractivity contribution in [1.29, 1.82) is 0 Å². The van der Waals surface area contributed by atoms with E-state index in [1.807, 2.05) is 0 Å². The van der Waals surface area contributed by atoms with E-state index in [4.69, 9.17) is 5.73 Å². The number of hydrogen-bond donors (Lipinski definition) is 3. The zero-order valence-electron chi connectivity index (χ0n) is 9.79. The van der Waals surface area contributed by atoms with E-state index in [1.165, 1.54) is 12.8 Å². The van der Waals surface area contributed by atoms with Gasteiger partial charge in [0.15, 0.2) is 0 Å². The van der Waals surface area contributed by atoms with E-state index >= 15 is 0 Å². The van der Waals surface area contributed by atoms with Gasteiger partial charge >= 0.3 is 0 Å².